The lowest BCUT2D eigenvalue weighted by Crippen LogP contribution is -3.08. The second-order valence-corrected chi connectivity index (χ2v) is 7.19. The van der Waals surface area contributed by atoms with Crippen molar-refractivity contribution < 1.29 is 14.5 Å². The zero-order chi connectivity index (χ0) is 18.2. The molecule has 4 N–H and O–H groups in total. The van der Waals surface area contributed by atoms with Gasteiger partial charge in [-0.3, -0.25) is 9.59 Å². The highest BCUT2D eigenvalue weighted by atomic mass is 35.5. The Hall–Kier alpha value is -2.02. The minimum absolute atomic E-state index is 0.0911. The van der Waals surface area contributed by atoms with Gasteiger partial charge >= 0.3 is 0 Å². The zero-order valence-corrected chi connectivity index (χ0v) is 15.5. The van der Waals surface area contributed by atoms with Gasteiger partial charge in [-0.15, -0.1) is 11.8 Å². The molecular formula is C18H21ClN3O2S+. The van der Waals surface area contributed by atoms with Crippen molar-refractivity contribution in [1.82, 2.24) is 0 Å². The summed E-state index contributed by atoms with van der Waals surface area (Å²) in [6, 6.07) is 15.0. The van der Waals surface area contributed by atoms with Gasteiger partial charge in [0.1, 0.15) is 6.54 Å². The van der Waals surface area contributed by atoms with Crippen molar-refractivity contribution in [2.24, 2.45) is 5.73 Å². The number of hydrogen-bond donors (Lipinski definition) is 3. The lowest BCUT2D eigenvalue weighted by Gasteiger charge is -2.15. The molecule has 25 heavy (non-hydrogen) atoms. The van der Waals surface area contributed by atoms with E-state index in [0.717, 1.165) is 15.4 Å². The molecule has 1 atom stereocenters. The lowest BCUT2D eigenvalue weighted by atomic mass is 10.2. The number of nitrogens with two attached hydrogens (primary N) is 1. The maximum absolute atomic E-state index is 12.3. The summed E-state index contributed by atoms with van der Waals surface area (Å²) in [4.78, 5) is 25.1. The molecule has 0 spiro atoms. The first-order valence-corrected chi connectivity index (χ1v) is 9.16. The molecule has 0 bridgehead atoms. The summed E-state index contributed by atoms with van der Waals surface area (Å²) in [6.45, 7) is 1.02. The van der Waals surface area contributed by atoms with Gasteiger partial charge in [0.25, 0.3) is 5.91 Å². The van der Waals surface area contributed by atoms with Crippen LogP contribution in [0.25, 0.3) is 0 Å². The van der Waals surface area contributed by atoms with Crippen LogP contribution in [0.1, 0.15) is 5.56 Å². The molecule has 2 rings (SSSR count). The van der Waals surface area contributed by atoms with E-state index in [-0.39, 0.29) is 11.7 Å². The highest BCUT2D eigenvalue weighted by molar-refractivity contribution is 8.00. The number of thioether (sulfide) groups is 1. The molecule has 0 heterocycles. The van der Waals surface area contributed by atoms with Gasteiger partial charge in [0.2, 0.25) is 5.91 Å². The molecule has 2 aromatic carbocycles. The normalized spacial score (nSPS) is 11.8. The molecule has 2 aromatic rings. The van der Waals surface area contributed by atoms with Crippen molar-refractivity contribution in [3.63, 3.8) is 0 Å². The minimum atomic E-state index is -0.392. The highest BCUT2D eigenvalue weighted by Crippen LogP contribution is 2.26. The molecule has 0 radical (unpaired) electrons. The van der Waals surface area contributed by atoms with Crippen molar-refractivity contribution in [3.05, 3.63) is 59.1 Å². The summed E-state index contributed by atoms with van der Waals surface area (Å²) in [6.07, 6.45) is 0. The van der Waals surface area contributed by atoms with Gasteiger partial charge in [0.05, 0.1) is 18.5 Å². The van der Waals surface area contributed by atoms with Gasteiger partial charge in [-0.2, -0.15) is 0 Å². The number of anilines is 1. The van der Waals surface area contributed by atoms with Crippen molar-refractivity contribution in [3.8, 4) is 0 Å². The van der Waals surface area contributed by atoms with Crippen LogP contribution in [0.3, 0.4) is 0 Å². The SMILES string of the molecule is C[NH+](CC(=O)Nc1ccccc1SCC(N)=O)Cc1cccc(Cl)c1. The maximum atomic E-state index is 12.3. The number of amides is 2. The Kier molecular flexibility index (Phi) is 7.31. The number of primary amides is 1. The van der Waals surface area contributed by atoms with E-state index in [1.807, 2.05) is 55.6 Å². The first-order valence-electron chi connectivity index (χ1n) is 7.80. The molecule has 0 aromatic heterocycles. The molecule has 132 valence electrons. The monoisotopic (exact) mass is 378 g/mol. The van der Waals surface area contributed by atoms with E-state index in [9.17, 15) is 9.59 Å². The summed E-state index contributed by atoms with van der Waals surface area (Å²) in [5.41, 5.74) is 6.95. The molecule has 0 aliphatic heterocycles. The molecule has 0 aliphatic rings. The summed E-state index contributed by atoms with van der Waals surface area (Å²) in [5.74, 6) is -0.309. The summed E-state index contributed by atoms with van der Waals surface area (Å²) in [7, 11) is 1.95. The van der Waals surface area contributed by atoms with Gasteiger partial charge in [0, 0.05) is 15.5 Å². The molecule has 2 amide bonds. The molecule has 7 heteroatoms. The van der Waals surface area contributed by atoms with E-state index < -0.39 is 5.91 Å². The Morgan fingerprint density at radius 2 is 1.96 bits per heavy atom. The first kappa shape index (κ1) is 19.3. The Morgan fingerprint density at radius 3 is 2.68 bits per heavy atom. The molecule has 1 unspecified atom stereocenters. The standard InChI is InChI=1S/C18H20ClN3O2S/c1-22(10-13-5-4-6-14(19)9-13)11-18(24)21-15-7-2-3-8-16(15)25-12-17(20)23/h2-9H,10-12H2,1H3,(H2,20,23)(H,21,24)/p+1. The molecule has 5 nitrogen and oxygen atoms in total. The van der Waals surface area contributed by atoms with Crippen LogP contribution in [-0.4, -0.2) is 31.2 Å². The predicted octanol–water partition coefficient (Wildman–Crippen LogP) is 1.57. The van der Waals surface area contributed by atoms with Gasteiger partial charge in [-0.05, 0) is 24.3 Å². The maximum Gasteiger partial charge on any atom is 0.279 e. The van der Waals surface area contributed by atoms with Crippen molar-refractivity contribution in [2.45, 2.75) is 11.4 Å². The van der Waals surface area contributed by atoms with Crippen LogP contribution in [0.5, 0.6) is 0 Å². The zero-order valence-electron chi connectivity index (χ0n) is 13.9. The smallest absolute Gasteiger partial charge is 0.279 e. The largest absolute Gasteiger partial charge is 0.369 e. The van der Waals surface area contributed by atoms with Crippen LogP contribution in [0, 0.1) is 0 Å². The van der Waals surface area contributed by atoms with Crippen LogP contribution in [0.4, 0.5) is 5.69 Å². The number of para-hydroxylation sites is 1. The van der Waals surface area contributed by atoms with Crippen molar-refractivity contribution >= 4 is 40.9 Å². The number of nitrogens with one attached hydrogen (secondary N) is 2. The molecule has 0 saturated carbocycles. The number of likely N-dealkylation sites (N-methyl/N-ethyl adjacent to an activating group) is 1. The van der Waals surface area contributed by atoms with E-state index in [2.05, 4.69) is 5.32 Å². The lowest BCUT2D eigenvalue weighted by molar-refractivity contribution is -0.885. The topological polar surface area (TPSA) is 76.6 Å². The van der Waals surface area contributed by atoms with Crippen LogP contribution >= 0.6 is 23.4 Å². The van der Waals surface area contributed by atoms with E-state index in [1.54, 1.807) is 0 Å². The minimum Gasteiger partial charge on any atom is -0.369 e. The number of carbonyl (C=O) groups excluding carboxylic acids is 2. The third-order valence-electron chi connectivity index (χ3n) is 3.39. The van der Waals surface area contributed by atoms with Gasteiger partial charge in [-0.1, -0.05) is 35.9 Å². The number of benzene rings is 2. The van der Waals surface area contributed by atoms with E-state index in [1.165, 1.54) is 11.8 Å². The Balaban J connectivity index is 1.92. The molecular weight excluding hydrogens is 358 g/mol. The summed E-state index contributed by atoms with van der Waals surface area (Å²) < 4.78 is 0. The third kappa shape index (κ3) is 6.78. The molecule has 0 fully saturated rings. The number of halogens is 1. The highest BCUT2D eigenvalue weighted by Gasteiger charge is 2.13. The average molecular weight is 379 g/mol. The van der Waals surface area contributed by atoms with Gasteiger partial charge in [-0.25, -0.2) is 0 Å². The van der Waals surface area contributed by atoms with Crippen LogP contribution in [0.2, 0.25) is 5.02 Å². The fourth-order valence-electron chi connectivity index (χ4n) is 2.37. The predicted molar refractivity (Wildman–Crippen MR) is 102 cm³/mol. The number of quaternary nitrogens is 1. The van der Waals surface area contributed by atoms with Gasteiger partial charge < -0.3 is 16.0 Å². The number of hydrogen-bond acceptors (Lipinski definition) is 3. The Bertz CT molecular complexity index is 755. The Morgan fingerprint density at radius 1 is 1.20 bits per heavy atom. The fourth-order valence-corrected chi connectivity index (χ4v) is 3.33. The second kappa shape index (κ2) is 9.46. The van der Waals surface area contributed by atoms with Crippen LogP contribution < -0.4 is 16.0 Å². The van der Waals surface area contributed by atoms with Crippen molar-refractivity contribution in [2.75, 3.05) is 24.7 Å². The molecule has 0 saturated heterocycles. The quantitative estimate of drug-likeness (QED) is 0.610. The fraction of sp³-hybridized carbons (Fsp3) is 0.222. The van der Waals surface area contributed by atoms with E-state index in [4.69, 9.17) is 17.3 Å². The third-order valence-corrected chi connectivity index (χ3v) is 4.72. The summed E-state index contributed by atoms with van der Waals surface area (Å²) in [5, 5.41) is 3.59. The van der Waals surface area contributed by atoms with Gasteiger partial charge in [0.15, 0.2) is 6.54 Å². The van der Waals surface area contributed by atoms with E-state index in [0.29, 0.717) is 23.8 Å². The number of carbonyl (C=O) groups is 2. The molecule has 0 aliphatic carbocycles. The first-order chi connectivity index (χ1) is 11.9. The summed E-state index contributed by atoms with van der Waals surface area (Å²) >= 11 is 7.30. The average Bonchev–Trinajstić information content (AvgIpc) is 2.53. The van der Waals surface area contributed by atoms with E-state index >= 15 is 0 Å². The van der Waals surface area contributed by atoms with Crippen LogP contribution in [0.15, 0.2) is 53.4 Å². The van der Waals surface area contributed by atoms with Crippen LogP contribution in [-0.2, 0) is 16.1 Å². The Labute approximate surface area is 156 Å². The second-order valence-electron chi connectivity index (χ2n) is 5.74. The number of rotatable bonds is 8. The van der Waals surface area contributed by atoms with Crippen molar-refractivity contribution in [1.29, 1.82) is 0 Å².